The van der Waals surface area contributed by atoms with E-state index in [1.807, 2.05) is 20.0 Å². The lowest BCUT2D eigenvalue weighted by Gasteiger charge is -2.31. The maximum absolute atomic E-state index is 12.2. The minimum absolute atomic E-state index is 0.0404. The molecule has 4 nitrogen and oxygen atoms in total. The number of nitrogens with one attached hydrogen (secondary N) is 2. The molecule has 1 aromatic heterocycles. The van der Waals surface area contributed by atoms with E-state index in [9.17, 15) is 8.42 Å². The molecule has 0 aliphatic heterocycles. The molecule has 102 valence electrons. The standard InChI is InChI=1S/C12H20N2O2S2/c1-9(10-4-3-5-10)14-18(15,16)12-7-6-11(17-12)8-13-2/h6-7,9-10,13-14H,3-5,8H2,1-2H3. The zero-order chi connectivity index (χ0) is 13.2. The van der Waals surface area contributed by atoms with Crippen LogP contribution in [0.2, 0.25) is 0 Å². The molecule has 6 heteroatoms. The summed E-state index contributed by atoms with van der Waals surface area (Å²) in [6, 6.07) is 3.59. The third-order valence-electron chi connectivity index (χ3n) is 3.45. The van der Waals surface area contributed by atoms with Gasteiger partial charge in [0.2, 0.25) is 10.0 Å². The molecule has 2 rings (SSSR count). The third kappa shape index (κ3) is 3.12. The summed E-state index contributed by atoms with van der Waals surface area (Å²) in [7, 11) is -1.49. The summed E-state index contributed by atoms with van der Waals surface area (Å²) >= 11 is 1.33. The van der Waals surface area contributed by atoms with Gasteiger partial charge in [-0.1, -0.05) is 6.42 Å². The largest absolute Gasteiger partial charge is 0.315 e. The van der Waals surface area contributed by atoms with Crippen molar-refractivity contribution in [1.29, 1.82) is 0 Å². The van der Waals surface area contributed by atoms with Gasteiger partial charge >= 0.3 is 0 Å². The van der Waals surface area contributed by atoms with E-state index in [2.05, 4.69) is 10.0 Å². The van der Waals surface area contributed by atoms with Crippen LogP contribution >= 0.6 is 11.3 Å². The highest BCUT2D eigenvalue weighted by Gasteiger charge is 2.28. The van der Waals surface area contributed by atoms with Gasteiger partial charge in [-0.25, -0.2) is 13.1 Å². The monoisotopic (exact) mass is 288 g/mol. The molecule has 0 amide bonds. The molecule has 1 aromatic rings. The molecule has 2 N–H and O–H groups in total. The molecule has 1 heterocycles. The molecule has 1 aliphatic rings. The maximum atomic E-state index is 12.2. The molecule has 0 spiro atoms. The van der Waals surface area contributed by atoms with Gasteiger partial charge in [0.15, 0.2) is 0 Å². The summed E-state index contributed by atoms with van der Waals surface area (Å²) in [5, 5.41) is 3.02. The number of hydrogen-bond donors (Lipinski definition) is 2. The summed E-state index contributed by atoms with van der Waals surface area (Å²) in [6.45, 7) is 2.67. The van der Waals surface area contributed by atoms with E-state index in [4.69, 9.17) is 0 Å². The van der Waals surface area contributed by atoms with Crippen molar-refractivity contribution >= 4 is 21.4 Å². The highest BCUT2D eigenvalue weighted by atomic mass is 32.2. The predicted octanol–water partition coefficient (Wildman–Crippen LogP) is 1.93. The second kappa shape index (κ2) is 5.69. The van der Waals surface area contributed by atoms with Crippen molar-refractivity contribution in [3.05, 3.63) is 17.0 Å². The molecule has 1 saturated carbocycles. The van der Waals surface area contributed by atoms with Crippen LogP contribution in [0, 0.1) is 5.92 Å². The Labute approximate surface area is 113 Å². The Kier molecular flexibility index (Phi) is 4.42. The Morgan fingerprint density at radius 3 is 2.72 bits per heavy atom. The lowest BCUT2D eigenvalue weighted by atomic mass is 9.81. The fourth-order valence-corrected chi connectivity index (χ4v) is 4.81. The van der Waals surface area contributed by atoms with E-state index in [0.717, 1.165) is 17.7 Å². The lowest BCUT2D eigenvalue weighted by Crippen LogP contribution is -2.40. The first kappa shape index (κ1) is 14.0. The second-order valence-corrected chi connectivity index (χ2v) is 7.96. The smallest absolute Gasteiger partial charge is 0.250 e. The number of thiophene rings is 1. The van der Waals surface area contributed by atoms with Crippen LogP contribution in [-0.4, -0.2) is 21.5 Å². The normalized spacial score (nSPS) is 18.6. The van der Waals surface area contributed by atoms with E-state index in [1.165, 1.54) is 17.8 Å². The predicted molar refractivity (Wildman–Crippen MR) is 74.2 cm³/mol. The molecule has 0 aromatic carbocycles. The van der Waals surface area contributed by atoms with Gasteiger partial charge in [-0.2, -0.15) is 0 Å². The first-order valence-corrected chi connectivity index (χ1v) is 8.58. The van der Waals surface area contributed by atoms with Gasteiger partial charge in [0.05, 0.1) is 0 Å². The molecule has 0 bridgehead atoms. The van der Waals surface area contributed by atoms with Crippen molar-refractivity contribution in [2.75, 3.05) is 7.05 Å². The van der Waals surface area contributed by atoms with Crippen molar-refractivity contribution in [2.24, 2.45) is 5.92 Å². The fraction of sp³-hybridized carbons (Fsp3) is 0.667. The number of rotatable bonds is 6. The third-order valence-corrected chi connectivity index (χ3v) is 6.59. The molecule has 1 aliphatic carbocycles. The first-order valence-electron chi connectivity index (χ1n) is 6.28. The minimum atomic E-state index is -3.34. The average molecular weight is 288 g/mol. The van der Waals surface area contributed by atoms with E-state index in [-0.39, 0.29) is 6.04 Å². The van der Waals surface area contributed by atoms with Gasteiger partial charge in [-0.3, -0.25) is 0 Å². The maximum Gasteiger partial charge on any atom is 0.250 e. The number of sulfonamides is 1. The molecule has 1 fully saturated rings. The summed E-state index contributed by atoms with van der Waals surface area (Å²) in [4.78, 5) is 1.04. The van der Waals surface area contributed by atoms with E-state index in [0.29, 0.717) is 16.7 Å². The molecular formula is C12H20N2O2S2. The van der Waals surface area contributed by atoms with Crippen LogP contribution in [0.15, 0.2) is 16.3 Å². The summed E-state index contributed by atoms with van der Waals surface area (Å²) < 4.78 is 27.6. The van der Waals surface area contributed by atoms with Crippen LogP contribution in [0.4, 0.5) is 0 Å². The Balaban J connectivity index is 2.04. The zero-order valence-electron chi connectivity index (χ0n) is 10.8. The summed E-state index contributed by atoms with van der Waals surface area (Å²) in [5.74, 6) is 0.511. The van der Waals surface area contributed by atoms with Crippen molar-refractivity contribution in [2.45, 2.75) is 43.0 Å². The van der Waals surface area contributed by atoms with Crippen molar-refractivity contribution in [3.8, 4) is 0 Å². The summed E-state index contributed by atoms with van der Waals surface area (Å²) in [6.07, 6.45) is 3.50. The second-order valence-electron chi connectivity index (χ2n) is 4.85. The summed E-state index contributed by atoms with van der Waals surface area (Å²) in [5.41, 5.74) is 0. The molecule has 1 unspecified atom stereocenters. The molecule has 0 radical (unpaired) electrons. The van der Waals surface area contributed by atoms with E-state index in [1.54, 1.807) is 6.07 Å². The van der Waals surface area contributed by atoms with Gasteiger partial charge < -0.3 is 5.32 Å². The van der Waals surface area contributed by atoms with Gasteiger partial charge in [0.25, 0.3) is 0 Å². The van der Waals surface area contributed by atoms with Gasteiger partial charge in [0.1, 0.15) is 4.21 Å². The number of hydrogen-bond acceptors (Lipinski definition) is 4. The van der Waals surface area contributed by atoms with Crippen LogP contribution in [0.3, 0.4) is 0 Å². The van der Waals surface area contributed by atoms with Crippen molar-refractivity contribution in [1.82, 2.24) is 10.0 Å². The van der Waals surface area contributed by atoms with Gasteiger partial charge in [0, 0.05) is 17.5 Å². The minimum Gasteiger partial charge on any atom is -0.315 e. The van der Waals surface area contributed by atoms with Crippen LogP contribution in [0.1, 0.15) is 31.1 Å². The van der Waals surface area contributed by atoms with E-state index >= 15 is 0 Å². The zero-order valence-corrected chi connectivity index (χ0v) is 12.4. The van der Waals surface area contributed by atoms with Crippen LogP contribution in [0.5, 0.6) is 0 Å². The topological polar surface area (TPSA) is 58.2 Å². The van der Waals surface area contributed by atoms with Crippen LogP contribution in [0.25, 0.3) is 0 Å². The Morgan fingerprint density at radius 1 is 1.44 bits per heavy atom. The Morgan fingerprint density at radius 2 is 2.17 bits per heavy atom. The molecule has 0 saturated heterocycles. The van der Waals surface area contributed by atoms with Crippen molar-refractivity contribution in [3.63, 3.8) is 0 Å². The lowest BCUT2D eigenvalue weighted by molar-refractivity contribution is 0.260. The van der Waals surface area contributed by atoms with Gasteiger partial charge in [-0.05, 0) is 44.9 Å². The SMILES string of the molecule is CNCc1ccc(S(=O)(=O)NC(C)C2CCC2)s1. The Hall–Kier alpha value is -0.430. The highest BCUT2D eigenvalue weighted by Crippen LogP contribution is 2.30. The van der Waals surface area contributed by atoms with Crippen molar-refractivity contribution < 1.29 is 8.42 Å². The molecule has 18 heavy (non-hydrogen) atoms. The average Bonchev–Trinajstić information content (AvgIpc) is 2.63. The fourth-order valence-electron chi connectivity index (χ4n) is 2.11. The van der Waals surface area contributed by atoms with Gasteiger partial charge in [-0.15, -0.1) is 11.3 Å². The molecular weight excluding hydrogens is 268 g/mol. The van der Waals surface area contributed by atoms with E-state index < -0.39 is 10.0 Å². The van der Waals surface area contributed by atoms with Crippen LogP contribution < -0.4 is 10.0 Å². The first-order chi connectivity index (χ1) is 8.53. The highest BCUT2D eigenvalue weighted by molar-refractivity contribution is 7.91. The van der Waals surface area contributed by atoms with Crippen LogP contribution in [-0.2, 0) is 16.6 Å². The Bertz CT molecular complexity index is 492. The molecule has 1 atom stereocenters. The quantitative estimate of drug-likeness (QED) is 0.841.